The molecular weight excluding hydrogens is 226 g/mol. The molecule has 2 rings (SSSR count). The number of aromatic nitrogens is 2. The largest absolute Gasteiger partial charge is 0.496 e. The Morgan fingerprint density at radius 1 is 1.22 bits per heavy atom. The molecule has 0 aliphatic rings. The Kier molecular flexibility index (Phi) is 3.39. The van der Waals surface area contributed by atoms with Crippen LogP contribution in [-0.4, -0.2) is 16.9 Å². The molecule has 0 atom stereocenters. The molecule has 2 N–H and O–H groups in total. The highest BCUT2D eigenvalue weighted by molar-refractivity contribution is 5.71. The van der Waals surface area contributed by atoms with Gasteiger partial charge in [-0.2, -0.15) is 5.10 Å². The first-order valence-corrected chi connectivity index (χ1v) is 5.95. The number of aryl methyl sites for hydroxylation is 1. The van der Waals surface area contributed by atoms with E-state index in [9.17, 15) is 0 Å². The topological polar surface area (TPSA) is 53.1 Å². The van der Waals surface area contributed by atoms with Crippen molar-refractivity contribution in [1.82, 2.24) is 9.78 Å². The van der Waals surface area contributed by atoms with E-state index in [0.717, 1.165) is 22.6 Å². The van der Waals surface area contributed by atoms with Gasteiger partial charge in [0.25, 0.3) is 0 Å². The van der Waals surface area contributed by atoms with Gasteiger partial charge in [-0.05, 0) is 36.6 Å². The van der Waals surface area contributed by atoms with Crippen LogP contribution in [-0.2, 0) is 13.6 Å². The van der Waals surface area contributed by atoms with Crippen molar-refractivity contribution in [3.05, 3.63) is 35.2 Å². The van der Waals surface area contributed by atoms with Crippen molar-refractivity contribution in [2.24, 2.45) is 12.8 Å². The van der Waals surface area contributed by atoms with Crippen LogP contribution in [0.1, 0.15) is 16.8 Å². The van der Waals surface area contributed by atoms with E-state index in [-0.39, 0.29) is 0 Å². The van der Waals surface area contributed by atoms with E-state index in [1.165, 1.54) is 11.1 Å². The first-order valence-electron chi connectivity index (χ1n) is 5.95. The molecular formula is C14H19N3O. The Bertz CT molecular complexity index is 573. The Hall–Kier alpha value is -1.81. The third-order valence-corrected chi connectivity index (χ3v) is 3.50. The van der Waals surface area contributed by atoms with Crippen molar-refractivity contribution < 1.29 is 4.74 Å². The Balaban J connectivity index is 2.61. The summed E-state index contributed by atoms with van der Waals surface area (Å²) in [6, 6.07) is 4.06. The van der Waals surface area contributed by atoms with Gasteiger partial charge in [0.2, 0.25) is 0 Å². The minimum Gasteiger partial charge on any atom is -0.496 e. The molecule has 0 spiro atoms. The summed E-state index contributed by atoms with van der Waals surface area (Å²) in [5.41, 5.74) is 11.5. The van der Waals surface area contributed by atoms with Gasteiger partial charge < -0.3 is 10.5 Å². The van der Waals surface area contributed by atoms with Crippen LogP contribution < -0.4 is 10.5 Å². The van der Waals surface area contributed by atoms with Gasteiger partial charge in [-0.15, -0.1) is 0 Å². The minimum atomic E-state index is 0.482. The van der Waals surface area contributed by atoms with Gasteiger partial charge in [0.05, 0.1) is 19.0 Å². The molecule has 0 radical (unpaired) electrons. The normalized spacial score (nSPS) is 10.7. The lowest BCUT2D eigenvalue weighted by Crippen LogP contribution is -2.06. The van der Waals surface area contributed by atoms with Crippen molar-refractivity contribution in [1.29, 1.82) is 0 Å². The lowest BCUT2D eigenvalue weighted by molar-refractivity contribution is 0.411. The number of hydrogen-bond acceptors (Lipinski definition) is 3. The highest BCUT2D eigenvalue weighted by atomic mass is 16.5. The Labute approximate surface area is 107 Å². The molecule has 0 saturated heterocycles. The number of benzene rings is 1. The van der Waals surface area contributed by atoms with E-state index in [1.807, 2.05) is 24.0 Å². The van der Waals surface area contributed by atoms with E-state index in [1.54, 1.807) is 7.11 Å². The highest BCUT2D eigenvalue weighted by Crippen LogP contribution is 2.32. The number of hydrogen-bond donors (Lipinski definition) is 1. The van der Waals surface area contributed by atoms with Crippen molar-refractivity contribution in [3.8, 4) is 16.9 Å². The zero-order valence-electron chi connectivity index (χ0n) is 11.3. The van der Waals surface area contributed by atoms with Crippen LogP contribution in [0.4, 0.5) is 0 Å². The molecule has 0 aliphatic heterocycles. The molecule has 0 bridgehead atoms. The molecule has 18 heavy (non-hydrogen) atoms. The quantitative estimate of drug-likeness (QED) is 0.901. The first-order chi connectivity index (χ1) is 8.60. The number of rotatable bonds is 3. The molecule has 0 fully saturated rings. The maximum Gasteiger partial charge on any atom is 0.122 e. The molecule has 1 heterocycles. The van der Waals surface area contributed by atoms with Crippen molar-refractivity contribution >= 4 is 0 Å². The van der Waals surface area contributed by atoms with Crippen LogP contribution >= 0.6 is 0 Å². The second kappa shape index (κ2) is 4.82. The smallest absolute Gasteiger partial charge is 0.122 e. The molecule has 4 nitrogen and oxygen atoms in total. The van der Waals surface area contributed by atoms with Gasteiger partial charge in [-0.1, -0.05) is 6.07 Å². The minimum absolute atomic E-state index is 0.482. The van der Waals surface area contributed by atoms with Gasteiger partial charge >= 0.3 is 0 Å². The summed E-state index contributed by atoms with van der Waals surface area (Å²) in [6.45, 7) is 4.65. The molecule has 0 saturated carbocycles. The summed E-state index contributed by atoms with van der Waals surface area (Å²) in [7, 11) is 3.61. The summed E-state index contributed by atoms with van der Waals surface area (Å²) in [5.74, 6) is 0.912. The van der Waals surface area contributed by atoms with Crippen molar-refractivity contribution in [2.45, 2.75) is 20.4 Å². The van der Waals surface area contributed by atoms with Gasteiger partial charge in [0, 0.05) is 19.2 Å². The molecule has 0 amide bonds. The summed E-state index contributed by atoms with van der Waals surface area (Å²) in [6.07, 6.45) is 1.87. The van der Waals surface area contributed by atoms with Crippen LogP contribution in [0.2, 0.25) is 0 Å². The Morgan fingerprint density at radius 2 is 1.94 bits per heavy atom. The van der Waals surface area contributed by atoms with Crippen LogP contribution in [0.5, 0.6) is 5.75 Å². The molecule has 1 aromatic carbocycles. The lowest BCUT2D eigenvalue weighted by atomic mass is 9.96. The van der Waals surface area contributed by atoms with Crippen LogP contribution in [0.15, 0.2) is 18.3 Å². The van der Waals surface area contributed by atoms with Crippen molar-refractivity contribution in [3.63, 3.8) is 0 Å². The highest BCUT2D eigenvalue weighted by Gasteiger charge is 2.14. The number of ether oxygens (including phenoxy) is 1. The predicted octanol–water partition coefficient (Wildman–Crippen LogP) is 2.17. The average molecular weight is 245 g/mol. The molecule has 1 aromatic heterocycles. The maximum atomic E-state index is 5.79. The Morgan fingerprint density at radius 3 is 2.56 bits per heavy atom. The lowest BCUT2D eigenvalue weighted by Gasteiger charge is -2.13. The van der Waals surface area contributed by atoms with Gasteiger partial charge in [0.1, 0.15) is 5.75 Å². The number of nitrogens with two attached hydrogens (primary N) is 1. The zero-order chi connectivity index (χ0) is 13.3. The second-order valence-electron chi connectivity index (χ2n) is 4.40. The van der Waals surface area contributed by atoms with Gasteiger partial charge in [-0.3, -0.25) is 4.68 Å². The zero-order valence-corrected chi connectivity index (χ0v) is 11.3. The standard InChI is InChI=1S/C14H19N3O/c1-9-10(2)14(18-4)6-5-11(9)12-8-16-17(3)13(12)7-15/h5-6,8H,7,15H2,1-4H3. The van der Waals surface area contributed by atoms with E-state index < -0.39 is 0 Å². The molecule has 0 unspecified atom stereocenters. The fourth-order valence-electron chi connectivity index (χ4n) is 2.24. The number of nitrogens with zero attached hydrogens (tertiary/aromatic N) is 2. The average Bonchev–Trinajstić information content (AvgIpc) is 2.73. The third-order valence-electron chi connectivity index (χ3n) is 3.50. The van der Waals surface area contributed by atoms with Gasteiger partial charge in [0.15, 0.2) is 0 Å². The number of methoxy groups -OCH3 is 1. The fraction of sp³-hybridized carbons (Fsp3) is 0.357. The first kappa shape index (κ1) is 12.6. The van der Waals surface area contributed by atoms with E-state index >= 15 is 0 Å². The fourth-order valence-corrected chi connectivity index (χ4v) is 2.24. The summed E-state index contributed by atoms with van der Waals surface area (Å²) in [5, 5.41) is 4.28. The summed E-state index contributed by atoms with van der Waals surface area (Å²) >= 11 is 0. The molecule has 4 heteroatoms. The predicted molar refractivity (Wildman–Crippen MR) is 72.6 cm³/mol. The summed E-state index contributed by atoms with van der Waals surface area (Å²) in [4.78, 5) is 0. The van der Waals surface area contributed by atoms with Crippen LogP contribution in [0.25, 0.3) is 11.1 Å². The van der Waals surface area contributed by atoms with Crippen LogP contribution in [0, 0.1) is 13.8 Å². The summed E-state index contributed by atoms with van der Waals surface area (Å²) < 4.78 is 7.16. The van der Waals surface area contributed by atoms with E-state index in [2.05, 4.69) is 25.0 Å². The second-order valence-corrected chi connectivity index (χ2v) is 4.40. The van der Waals surface area contributed by atoms with Crippen LogP contribution in [0.3, 0.4) is 0 Å². The molecule has 96 valence electrons. The monoisotopic (exact) mass is 245 g/mol. The van der Waals surface area contributed by atoms with E-state index in [0.29, 0.717) is 6.54 Å². The maximum absolute atomic E-state index is 5.79. The SMILES string of the molecule is COc1ccc(-c2cnn(C)c2CN)c(C)c1C. The third kappa shape index (κ3) is 1.88. The van der Waals surface area contributed by atoms with E-state index in [4.69, 9.17) is 10.5 Å². The van der Waals surface area contributed by atoms with Crippen molar-refractivity contribution in [2.75, 3.05) is 7.11 Å². The molecule has 0 aliphatic carbocycles. The van der Waals surface area contributed by atoms with Gasteiger partial charge in [-0.25, -0.2) is 0 Å². The molecule has 2 aromatic rings.